The first-order chi connectivity index (χ1) is 13.9. The van der Waals surface area contributed by atoms with Gasteiger partial charge in [0.2, 0.25) is 5.91 Å². The van der Waals surface area contributed by atoms with Gasteiger partial charge in [0.15, 0.2) is 5.13 Å². The molecule has 3 rings (SSSR count). The predicted molar refractivity (Wildman–Crippen MR) is 111 cm³/mol. The lowest BCUT2D eigenvalue weighted by Gasteiger charge is -2.07. The average Bonchev–Trinajstić information content (AvgIpc) is 3.10. The molecule has 0 saturated carbocycles. The molecular weight excluding hydrogens is 419 g/mol. The zero-order chi connectivity index (χ0) is 20.8. The van der Waals surface area contributed by atoms with Gasteiger partial charge < -0.3 is 15.4 Å². The molecule has 150 valence electrons. The van der Waals surface area contributed by atoms with E-state index >= 15 is 0 Å². The summed E-state index contributed by atoms with van der Waals surface area (Å²) in [4.78, 5) is 28.4. The first kappa shape index (κ1) is 20.6. The maximum atomic E-state index is 12.9. The van der Waals surface area contributed by atoms with Gasteiger partial charge in [-0.25, -0.2) is 14.2 Å². The third kappa shape index (κ3) is 5.90. The number of hydrogen-bond acceptors (Lipinski definition) is 5. The second-order valence-corrected chi connectivity index (χ2v) is 7.07. The van der Waals surface area contributed by atoms with E-state index in [1.165, 1.54) is 42.7 Å². The minimum absolute atomic E-state index is 0.0292. The molecule has 1 aromatic heterocycles. The summed E-state index contributed by atoms with van der Waals surface area (Å²) in [5.41, 5.74) is 1.48. The molecule has 0 aliphatic carbocycles. The van der Waals surface area contributed by atoms with Crippen molar-refractivity contribution in [1.29, 1.82) is 0 Å². The van der Waals surface area contributed by atoms with E-state index in [-0.39, 0.29) is 12.3 Å². The molecule has 3 aromatic rings. The number of halogens is 2. The molecule has 0 spiro atoms. The number of carbonyl (C=O) groups is 2. The summed E-state index contributed by atoms with van der Waals surface area (Å²) in [7, 11) is 1.51. The third-order valence-corrected chi connectivity index (χ3v) is 4.75. The fraction of sp³-hybridized carbons (Fsp3) is 0.105. The molecule has 3 amide bonds. The number of nitrogens with zero attached hydrogens (tertiary/aromatic N) is 1. The highest BCUT2D eigenvalue weighted by Crippen LogP contribution is 2.27. The van der Waals surface area contributed by atoms with Gasteiger partial charge in [0.1, 0.15) is 11.6 Å². The molecule has 3 N–H and O–H groups in total. The lowest BCUT2D eigenvalue weighted by Crippen LogP contribution is -2.19. The summed E-state index contributed by atoms with van der Waals surface area (Å²) >= 11 is 7.22. The predicted octanol–water partition coefficient (Wildman–Crippen LogP) is 4.77. The number of urea groups is 1. The van der Waals surface area contributed by atoms with Crippen molar-refractivity contribution < 1.29 is 18.7 Å². The van der Waals surface area contributed by atoms with Gasteiger partial charge in [0.25, 0.3) is 0 Å². The zero-order valence-electron chi connectivity index (χ0n) is 15.2. The van der Waals surface area contributed by atoms with E-state index in [1.54, 1.807) is 23.6 Å². The van der Waals surface area contributed by atoms with Crippen molar-refractivity contribution in [2.75, 3.05) is 23.1 Å². The number of benzene rings is 2. The van der Waals surface area contributed by atoms with E-state index in [0.717, 1.165) is 0 Å². The third-order valence-electron chi connectivity index (χ3n) is 3.65. The fourth-order valence-electron chi connectivity index (χ4n) is 2.35. The first-order valence-corrected chi connectivity index (χ1v) is 9.60. The highest BCUT2D eigenvalue weighted by molar-refractivity contribution is 7.14. The molecule has 0 aliphatic heterocycles. The molecule has 2 aromatic carbocycles. The SMILES string of the molecule is COc1ccc(NC(=O)Cc2csc(NC(=O)Nc3ccc(F)cc3)n2)cc1Cl. The van der Waals surface area contributed by atoms with Crippen molar-refractivity contribution in [1.82, 2.24) is 4.98 Å². The Labute approximate surface area is 174 Å². The second kappa shape index (κ2) is 9.35. The van der Waals surface area contributed by atoms with E-state index in [2.05, 4.69) is 20.9 Å². The molecule has 0 radical (unpaired) electrons. The van der Waals surface area contributed by atoms with Crippen LogP contribution in [0.15, 0.2) is 47.8 Å². The van der Waals surface area contributed by atoms with Gasteiger partial charge in [-0.3, -0.25) is 10.1 Å². The molecule has 0 bridgehead atoms. The van der Waals surface area contributed by atoms with E-state index in [1.807, 2.05) is 0 Å². The van der Waals surface area contributed by atoms with E-state index < -0.39 is 11.8 Å². The van der Waals surface area contributed by atoms with Crippen molar-refractivity contribution in [3.8, 4) is 5.75 Å². The molecule has 0 atom stereocenters. The van der Waals surface area contributed by atoms with Gasteiger partial charge in [0.05, 0.1) is 24.2 Å². The van der Waals surface area contributed by atoms with Crippen molar-refractivity contribution in [2.24, 2.45) is 0 Å². The van der Waals surface area contributed by atoms with Crippen LogP contribution in [0.25, 0.3) is 0 Å². The van der Waals surface area contributed by atoms with E-state index in [0.29, 0.717) is 33.0 Å². The Morgan fingerprint density at radius 1 is 1.10 bits per heavy atom. The minimum Gasteiger partial charge on any atom is -0.495 e. The van der Waals surface area contributed by atoms with Gasteiger partial charge in [-0.05, 0) is 42.5 Å². The number of carbonyl (C=O) groups excluding carboxylic acids is 2. The Morgan fingerprint density at radius 3 is 2.52 bits per heavy atom. The largest absolute Gasteiger partial charge is 0.495 e. The molecule has 1 heterocycles. The van der Waals surface area contributed by atoms with Crippen molar-refractivity contribution in [2.45, 2.75) is 6.42 Å². The summed E-state index contributed by atoms with van der Waals surface area (Å²) in [5, 5.41) is 10.3. The number of rotatable bonds is 6. The second-order valence-electron chi connectivity index (χ2n) is 5.80. The normalized spacial score (nSPS) is 10.3. The molecular formula is C19H16ClFN4O3S. The molecule has 0 fully saturated rings. The van der Waals surface area contributed by atoms with Gasteiger partial charge in [-0.15, -0.1) is 11.3 Å². The highest BCUT2D eigenvalue weighted by Gasteiger charge is 2.11. The Hall–Kier alpha value is -3.17. The molecule has 10 heteroatoms. The first-order valence-electron chi connectivity index (χ1n) is 8.34. The van der Waals surface area contributed by atoms with Crippen LogP contribution in [0.5, 0.6) is 5.75 Å². The number of hydrogen-bond donors (Lipinski definition) is 3. The number of nitrogens with one attached hydrogen (secondary N) is 3. The lowest BCUT2D eigenvalue weighted by molar-refractivity contribution is -0.115. The Kier molecular flexibility index (Phi) is 6.63. The molecule has 0 saturated heterocycles. The number of amides is 3. The van der Waals surface area contributed by atoms with Crippen molar-refractivity contribution >= 4 is 51.4 Å². The average molecular weight is 435 g/mol. The lowest BCUT2D eigenvalue weighted by atomic mass is 10.2. The van der Waals surface area contributed by atoms with Crippen LogP contribution >= 0.6 is 22.9 Å². The maximum absolute atomic E-state index is 12.9. The zero-order valence-corrected chi connectivity index (χ0v) is 16.7. The molecule has 0 aliphatic rings. The quantitative estimate of drug-likeness (QED) is 0.521. The van der Waals surface area contributed by atoms with Gasteiger partial charge in [-0.1, -0.05) is 11.6 Å². The van der Waals surface area contributed by atoms with Gasteiger partial charge in [0, 0.05) is 16.8 Å². The molecule has 29 heavy (non-hydrogen) atoms. The number of anilines is 3. The fourth-order valence-corrected chi connectivity index (χ4v) is 3.32. The number of aromatic nitrogens is 1. The van der Waals surface area contributed by atoms with Gasteiger partial charge in [-0.2, -0.15) is 0 Å². The van der Waals surface area contributed by atoms with Crippen molar-refractivity contribution in [3.63, 3.8) is 0 Å². The number of ether oxygens (including phenoxy) is 1. The molecule has 7 nitrogen and oxygen atoms in total. The van der Waals surface area contributed by atoms with Crippen LogP contribution in [0.1, 0.15) is 5.69 Å². The van der Waals surface area contributed by atoms with Crippen LogP contribution < -0.4 is 20.7 Å². The number of methoxy groups -OCH3 is 1. The molecule has 0 unspecified atom stereocenters. The minimum atomic E-state index is -0.519. The van der Waals surface area contributed by atoms with Gasteiger partial charge >= 0.3 is 6.03 Å². The van der Waals surface area contributed by atoms with Crippen LogP contribution in [0.3, 0.4) is 0 Å². The standard InChI is InChI=1S/C19H16ClFN4O3S/c1-28-16-7-6-13(8-15(16)20)22-17(26)9-14-10-29-19(24-14)25-18(27)23-12-4-2-11(21)3-5-12/h2-8,10H,9H2,1H3,(H,22,26)(H2,23,24,25,27). The summed E-state index contributed by atoms with van der Waals surface area (Å²) < 4.78 is 18.0. The summed E-state index contributed by atoms with van der Waals surface area (Å²) in [6.07, 6.45) is 0.0292. The highest BCUT2D eigenvalue weighted by atomic mass is 35.5. The topological polar surface area (TPSA) is 92.4 Å². The van der Waals surface area contributed by atoms with Crippen LogP contribution in [0.2, 0.25) is 5.02 Å². The van der Waals surface area contributed by atoms with E-state index in [9.17, 15) is 14.0 Å². The van der Waals surface area contributed by atoms with Crippen LogP contribution in [0, 0.1) is 5.82 Å². The number of thiazole rings is 1. The summed E-state index contributed by atoms with van der Waals surface area (Å²) in [6, 6.07) is 9.77. The summed E-state index contributed by atoms with van der Waals surface area (Å²) in [6.45, 7) is 0. The van der Waals surface area contributed by atoms with Crippen LogP contribution in [-0.4, -0.2) is 24.0 Å². The smallest absolute Gasteiger partial charge is 0.325 e. The van der Waals surface area contributed by atoms with Crippen LogP contribution in [-0.2, 0) is 11.2 Å². The Morgan fingerprint density at radius 2 is 1.83 bits per heavy atom. The van der Waals surface area contributed by atoms with E-state index in [4.69, 9.17) is 16.3 Å². The van der Waals surface area contributed by atoms with Crippen LogP contribution in [0.4, 0.5) is 25.7 Å². The maximum Gasteiger partial charge on any atom is 0.325 e. The monoisotopic (exact) mass is 434 g/mol. The summed E-state index contributed by atoms with van der Waals surface area (Å²) in [5.74, 6) is -0.159. The Bertz CT molecular complexity index is 1030. The Balaban J connectivity index is 1.52. The van der Waals surface area contributed by atoms with Crippen molar-refractivity contribution in [3.05, 3.63) is 64.4 Å².